The number of anilines is 1. The van der Waals surface area contributed by atoms with Gasteiger partial charge in [-0.2, -0.15) is 0 Å². The van der Waals surface area contributed by atoms with Gasteiger partial charge < -0.3 is 10.1 Å². The number of carbonyl (C=O) groups is 3. The molecule has 0 unspecified atom stereocenters. The Balaban J connectivity index is 1.35. The molecule has 2 amide bonds. The van der Waals surface area contributed by atoms with Crippen molar-refractivity contribution >= 4 is 23.3 Å². The molecule has 0 radical (unpaired) electrons. The molecule has 0 aromatic heterocycles. The highest BCUT2D eigenvalue weighted by atomic mass is 16.5. The number of benzene rings is 2. The predicted octanol–water partition coefficient (Wildman–Crippen LogP) is 2.41. The van der Waals surface area contributed by atoms with E-state index in [0.717, 1.165) is 30.7 Å². The fourth-order valence-corrected chi connectivity index (χ4v) is 3.25. The summed E-state index contributed by atoms with van der Waals surface area (Å²) in [5.74, 6) is -0.138. The number of ether oxygens (including phenoxy) is 1. The van der Waals surface area contributed by atoms with Gasteiger partial charge in [0.25, 0.3) is 5.91 Å². The van der Waals surface area contributed by atoms with Crippen LogP contribution in [0.4, 0.5) is 5.69 Å². The number of hydrogen-bond donors (Lipinski definition) is 3. The number of hydrogen-bond acceptors (Lipinski definition) is 5. The maximum Gasteiger partial charge on any atom is 0.257 e. The molecule has 0 bridgehead atoms. The quantitative estimate of drug-likeness (QED) is 0.471. The van der Waals surface area contributed by atoms with Crippen LogP contribution in [0.3, 0.4) is 0 Å². The van der Waals surface area contributed by atoms with Crippen LogP contribution >= 0.6 is 0 Å². The second-order valence-electron chi connectivity index (χ2n) is 6.94. The number of carbonyl (C=O) groups excluding carboxylic acids is 3. The second kappa shape index (κ2) is 9.73. The fraction of sp³-hybridized carbons (Fsp3) is 0.318. The molecule has 0 saturated carbocycles. The van der Waals surface area contributed by atoms with E-state index in [4.69, 9.17) is 4.74 Å². The molecular weight excluding hydrogens is 370 g/mol. The largest absolute Gasteiger partial charge is 0.497 e. The van der Waals surface area contributed by atoms with Crippen molar-refractivity contribution in [3.8, 4) is 5.75 Å². The molecule has 7 heteroatoms. The van der Waals surface area contributed by atoms with Crippen LogP contribution in [0.25, 0.3) is 0 Å². The van der Waals surface area contributed by atoms with Gasteiger partial charge in [-0.15, -0.1) is 0 Å². The Hall–Kier alpha value is -3.35. The summed E-state index contributed by atoms with van der Waals surface area (Å²) >= 11 is 0. The lowest BCUT2D eigenvalue weighted by Crippen LogP contribution is -2.44. The number of Topliss-reactive ketones (excluding diaryl/α,β-unsaturated/α-hetero) is 1. The van der Waals surface area contributed by atoms with Crippen molar-refractivity contribution in [2.24, 2.45) is 0 Å². The number of nitrogens with one attached hydrogen (secondary N) is 3. The zero-order valence-corrected chi connectivity index (χ0v) is 16.4. The van der Waals surface area contributed by atoms with Gasteiger partial charge in [0, 0.05) is 24.1 Å². The Morgan fingerprint density at radius 1 is 0.897 bits per heavy atom. The molecule has 0 atom stereocenters. The van der Waals surface area contributed by atoms with Crippen LogP contribution in [0.1, 0.15) is 40.7 Å². The van der Waals surface area contributed by atoms with Gasteiger partial charge in [0.05, 0.1) is 13.7 Å². The minimum atomic E-state index is -0.405. The van der Waals surface area contributed by atoms with E-state index in [0.29, 0.717) is 5.56 Å². The number of aryl methyl sites for hydroxylation is 2. The summed E-state index contributed by atoms with van der Waals surface area (Å²) < 4.78 is 5.07. The first-order valence-corrected chi connectivity index (χ1v) is 9.66. The van der Waals surface area contributed by atoms with Gasteiger partial charge in [-0.1, -0.05) is 12.1 Å². The Morgan fingerprint density at radius 3 is 2.38 bits per heavy atom. The summed E-state index contributed by atoms with van der Waals surface area (Å²) in [5, 5.41) is 2.94. The van der Waals surface area contributed by atoms with Gasteiger partial charge in [0.1, 0.15) is 5.75 Å². The molecule has 1 aliphatic carbocycles. The van der Waals surface area contributed by atoms with E-state index in [1.165, 1.54) is 11.1 Å². The lowest BCUT2D eigenvalue weighted by molar-refractivity contribution is -0.128. The summed E-state index contributed by atoms with van der Waals surface area (Å²) in [5.41, 5.74) is 8.62. The van der Waals surface area contributed by atoms with E-state index in [-0.39, 0.29) is 31.1 Å². The van der Waals surface area contributed by atoms with Crippen molar-refractivity contribution in [2.75, 3.05) is 19.0 Å². The highest BCUT2D eigenvalue weighted by Crippen LogP contribution is 2.23. The van der Waals surface area contributed by atoms with Crippen LogP contribution < -0.4 is 20.9 Å². The summed E-state index contributed by atoms with van der Waals surface area (Å²) in [4.78, 5) is 36.0. The molecule has 3 rings (SSSR count). The molecule has 3 N–H and O–H groups in total. The van der Waals surface area contributed by atoms with Gasteiger partial charge in [0.2, 0.25) is 5.91 Å². The molecule has 1 aliphatic rings. The fourth-order valence-electron chi connectivity index (χ4n) is 3.25. The normalized spacial score (nSPS) is 12.0. The number of ketones is 1. The van der Waals surface area contributed by atoms with E-state index in [1.807, 2.05) is 18.2 Å². The Kier molecular flexibility index (Phi) is 6.84. The van der Waals surface area contributed by atoms with E-state index in [9.17, 15) is 14.4 Å². The van der Waals surface area contributed by atoms with Gasteiger partial charge >= 0.3 is 0 Å². The number of methoxy groups -OCH3 is 1. The lowest BCUT2D eigenvalue weighted by Gasteiger charge is -2.09. The minimum absolute atomic E-state index is 0.000660. The third-order valence-electron chi connectivity index (χ3n) is 4.88. The molecule has 0 spiro atoms. The molecular formula is C22H25N3O4. The van der Waals surface area contributed by atoms with Crippen LogP contribution in [0.2, 0.25) is 0 Å². The average molecular weight is 395 g/mol. The Morgan fingerprint density at radius 2 is 1.62 bits per heavy atom. The summed E-state index contributed by atoms with van der Waals surface area (Å²) in [6.07, 6.45) is 3.32. The van der Waals surface area contributed by atoms with Gasteiger partial charge in [-0.25, -0.2) is 0 Å². The standard InChI is InChI=1S/C22H25N3O4/c1-29-19-9-7-18(8-10-19)23-14-22(28)25-24-21(27)12-11-20(26)17-6-5-15-3-2-4-16(15)13-17/h5-10,13,23H,2-4,11-12,14H2,1H3,(H,24,27)(H,25,28). The van der Waals surface area contributed by atoms with Crippen LogP contribution in [-0.4, -0.2) is 31.3 Å². The van der Waals surface area contributed by atoms with Crippen LogP contribution in [0, 0.1) is 0 Å². The van der Waals surface area contributed by atoms with Crippen LogP contribution in [0.15, 0.2) is 42.5 Å². The third kappa shape index (κ3) is 5.81. The van der Waals surface area contributed by atoms with Crippen molar-refractivity contribution in [2.45, 2.75) is 32.1 Å². The third-order valence-corrected chi connectivity index (χ3v) is 4.88. The number of fused-ring (bicyclic) bond motifs is 1. The van der Waals surface area contributed by atoms with E-state index in [1.54, 1.807) is 31.4 Å². The molecule has 0 fully saturated rings. The van der Waals surface area contributed by atoms with Gasteiger partial charge in [-0.05, 0) is 60.7 Å². The molecule has 0 heterocycles. The second-order valence-corrected chi connectivity index (χ2v) is 6.94. The summed E-state index contributed by atoms with van der Waals surface area (Å²) in [6.45, 7) is 0.000660. The topological polar surface area (TPSA) is 96.5 Å². The molecule has 29 heavy (non-hydrogen) atoms. The first-order valence-electron chi connectivity index (χ1n) is 9.66. The average Bonchev–Trinajstić information content (AvgIpc) is 3.22. The van der Waals surface area contributed by atoms with Crippen molar-refractivity contribution < 1.29 is 19.1 Å². The SMILES string of the molecule is COc1ccc(NCC(=O)NNC(=O)CCC(=O)c2ccc3c(c2)CCC3)cc1. The predicted molar refractivity (Wildman–Crippen MR) is 110 cm³/mol. The number of amides is 2. The van der Waals surface area contributed by atoms with Gasteiger partial charge in [0.15, 0.2) is 5.78 Å². The van der Waals surface area contributed by atoms with Gasteiger partial charge in [-0.3, -0.25) is 25.2 Å². The molecule has 0 aliphatic heterocycles. The maximum atomic E-state index is 12.3. The maximum absolute atomic E-state index is 12.3. The Bertz CT molecular complexity index is 893. The molecule has 7 nitrogen and oxygen atoms in total. The van der Waals surface area contributed by atoms with Crippen LogP contribution in [-0.2, 0) is 22.4 Å². The van der Waals surface area contributed by atoms with E-state index >= 15 is 0 Å². The molecule has 152 valence electrons. The number of hydrazine groups is 1. The molecule has 2 aromatic carbocycles. The minimum Gasteiger partial charge on any atom is -0.497 e. The smallest absolute Gasteiger partial charge is 0.257 e. The van der Waals surface area contributed by atoms with E-state index < -0.39 is 5.91 Å². The number of rotatable bonds is 8. The molecule has 2 aromatic rings. The van der Waals surface area contributed by atoms with Crippen molar-refractivity contribution in [1.29, 1.82) is 0 Å². The summed E-state index contributed by atoms with van der Waals surface area (Å²) in [7, 11) is 1.58. The Labute approximate surface area is 169 Å². The van der Waals surface area contributed by atoms with Crippen molar-refractivity contribution in [1.82, 2.24) is 10.9 Å². The zero-order chi connectivity index (χ0) is 20.6. The van der Waals surface area contributed by atoms with Crippen LogP contribution in [0.5, 0.6) is 5.75 Å². The van der Waals surface area contributed by atoms with E-state index in [2.05, 4.69) is 16.2 Å². The highest BCUT2D eigenvalue weighted by molar-refractivity contribution is 5.98. The lowest BCUT2D eigenvalue weighted by atomic mass is 10.0. The van der Waals surface area contributed by atoms with Crippen molar-refractivity contribution in [3.05, 3.63) is 59.2 Å². The first-order chi connectivity index (χ1) is 14.0. The summed E-state index contributed by atoms with van der Waals surface area (Å²) in [6, 6.07) is 12.9. The monoisotopic (exact) mass is 395 g/mol. The highest BCUT2D eigenvalue weighted by Gasteiger charge is 2.15. The van der Waals surface area contributed by atoms with Crippen molar-refractivity contribution in [3.63, 3.8) is 0 Å². The first kappa shape index (κ1) is 20.4. The molecule has 0 saturated heterocycles. The zero-order valence-electron chi connectivity index (χ0n) is 16.4.